The molecule has 1 aromatic rings. The molecule has 0 fully saturated rings. The molecular formula is C22H37ClOSi. The molecule has 0 bridgehead atoms. The zero-order chi connectivity index (χ0) is 18.7. The molecule has 3 heteroatoms. The number of benzene rings is 1. The summed E-state index contributed by atoms with van der Waals surface area (Å²) in [5.74, 6) is 0.891. The third-order valence-electron chi connectivity index (χ3n) is 5.75. The molecule has 142 valence electrons. The second kappa shape index (κ2) is 11.8. The molecule has 0 aliphatic rings. The molecule has 25 heavy (non-hydrogen) atoms. The van der Waals surface area contributed by atoms with Gasteiger partial charge in [-0.15, -0.1) is 11.6 Å². The van der Waals surface area contributed by atoms with E-state index in [0.717, 1.165) is 5.75 Å². The van der Waals surface area contributed by atoms with Crippen LogP contribution in [0.5, 0.6) is 5.75 Å². The normalized spacial score (nSPS) is 13.8. The van der Waals surface area contributed by atoms with E-state index in [1.807, 2.05) is 12.1 Å². The van der Waals surface area contributed by atoms with Crippen LogP contribution in [0.3, 0.4) is 0 Å². The minimum absolute atomic E-state index is 0.00333. The van der Waals surface area contributed by atoms with Crippen LogP contribution in [0.25, 0.3) is 0 Å². The number of hydrogen-bond donors (Lipinski definition) is 0. The number of hydrogen-bond acceptors (Lipinski definition) is 1. The Balaban J connectivity index is 3.08. The summed E-state index contributed by atoms with van der Waals surface area (Å²) in [5, 5.41) is 1.56. The summed E-state index contributed by atoms with van der Waals surface area (Å²) in [7, 11) is 0.221. The fraction of sp³-hybridized carbons (Fsp3) is 0.636. The first-order valence-electron chi connectivity index (χ1n) is 10.1. The van der Waals surface area contributed by atoms with Crippen LogP contribution in [-0.4, -0.2) is 15.2 Å². The van der Waals surface area contributed by atoms with Crippen LogP contribution in [-0.2, 0) is 0 Å². The summed E-state index contributed by atoms with van der Waals surface area (Å²) in [4.78, 5) is 0. The molecule has 0 amide bonds. The van der Waals surface area contributed by atoms with E-state index >= 15 is 0 Å². The number of methoxy groups -OCH3 is 1. The Labute approximate surface area is 161 Å². The SMILES string of the molecule is CCCCCC/C=C(\C(Cl)c1ccc(OC)cc1)[Si](CC)(CC)CC. The van der Waals surface area contributed by atoms with Gasteiger partial charge in [0.05, 0.1) is 20.6 Å². The van der Waals surface area contributed by atoms with Crippen LogP contribution < -0.4 is 4.74 Å². The summed E-state index contributed by atoms with van der Waals surface area (Å²) < 4.78 is 5.29. The lowest BCUT2D eigenvalue weighted by molar-refractivity contribution is 0.414. The topological polar surface area (TPSA) is 9.23 Å². The smallest absolute Gasteiger partial charge is 0.118 e. The van der Waals surface area contributed by atoms with E-state index in [9.17, 15) is 0 Å². The van der Waals surface area contributed by atoms with Gasteiger partial charge in [-0.1, -0.05) is 88.5 Å². The molecule has 0 saturated heterocycles. The summed E-state index contributed by atoms with van der Waals surface area (Å²) in [6.07, 6.45) is 8.92. The van der Waals surface area contributed by atoms with Gasteiger partial charge in [0, 0.05) is 0 Å². The van der Waals surface area contributed by atoms with E-state index in [1.54, 1.807) is 12.3 Å². The molecule has 0 aromatic heterocycles. The monoisotopic (exact) mass is 380 g/mol. The Morgan fingerprint density at radius 1 is 1.00 bits per heavy atom. The van der Waals surface area contributed by atoms with Crippen molar-refractivity contribution in [2.75, 3.05) is 7.11 Å². The first-order chi connectivity index (χ1) is 12.1. The van der Waals surface area contributed by atoms with Crippen molar-refractivity contribution in [3.05, 3.63) is 41.1 Å². The Morgan fingerprint density at radius 2 is 1.60 bits per heavy atom. The number of allylic oxidation sites excluding steroid dienone is 2. The summed E-state index contributed by atoms with van der Waals surface area (Å²) in [5.41, 5.74) is 1.20. The Morgan fingerprint density at radius 3 is 2.08 bits per heavy atom. The van der Waals surface area contributed by atoms with Crippen molar-refractivity contribution < 1.29 is 4.74 Å². The minimum atomic E-state index is -1.49. The minimum Gasteiger partial charge on any atom is -0.497 e. The molecule has 1 rings (SSSR count). The molecule has 0 aliphatic carbocycles. The summed E-state index contributed by atoms with van der Waals surface area (Å²) in [6.45, 7) is 9.36. The second-order valence-corrected chi connectivity index (χ2v) is 12.7. The highest BCUT2D eigenvalue weighted by atomic mass is 35.5. The molecule has 0 N–H and O–H groups in total. The van der Waals surface area contributed by atoms with E-state index in [-0.39, 0.29) is 5.38 Å². The lowest BCUT2D eigenvalue weighted by atomic mass is 10.1. The maximum Gasteiger partial charge on any atom is 0.118 e. The molecule has 0 saturated carbocycles. The third-order valence-corrected chi connectivity index (χ3v) is 12.2. The van der Waals surface area contributed by atoms with Crippen LogP contribution in [0.2, 0.25) is 18.1 Å². The van der Waals surface area contributed by atoms with Gasteiger partial charge in [-0.2, -0.15) is 0 Å². The van der Waals surface area contributed by atoms with Gasteiger partial charge in [0.15, 0.2) is 0 Å². The lowest BCUT2D eigenvalue weighted by Gasteiger charge is -2.34. The third kappa shape index (κ3) is 6.18. The Hall–Kier alpha value is -0.733. The number of alkyl halides is 1. The van der Waals surface area contributed by atoms with Gasteiger partial charge >= 0.3 is 0 Å². The molecule has 1 aromatic carbocycles. The number of halogens is 1. The van der Waals surface area contributed by atoms with Crippen molar-refractivity contribution >= 4 is 19.7 Å². The van der Waals surface area contributed by atoms with Crippen LogP contribution in [0.15, 0.2) is 35.5 Å². The maximum atomic E-state index is 7.05. The number of ether oxygens (including phenoxy) is 1. The lowest BCUT2D eigenvalue weighted by Crippen LogP contribution is -2.36. The van der Waals surface area contributed by atoms with Gasteiger partial charge in [-0.05, 0) is 30.5 Å². The largest absolute Gasteiger partial charge is 0.497 e. The molecule has 0 aliphatic heterocycles. The maximum absolute atomic E-state index is 7.05. The quantitative estimate of drug-likeness (QED) is 0.203. The first kappa shape index (κ1) is 22.3. The summed E-state index contributed by atoms with van der Waals surface area (Å²) >= 11 is 7.05. The van der Waals surface area contributed by atoms with Crippen molar-refractivity contribution in [3.63, 3.8) is 0 Å². The fourth-order valence-corrected chi connectivity index (χ4v) is 8.67. The predicted molar refractivity (Wildman–Crippen MR) is 116 cm³/mol. The highest BCUT2D eigenvalue weighted by molar-refractivity contribution is 6.87. The zero-order valence-electron chi connectivity index (χ0n) is 16.9. The van der Waals surface area contributed by atoms with Crippen LogP contribution >= 0.6 is 11.6 Å². The molecular weight excluding hydrogens is 344 g/mol. The van der Waals surface area contributed by atoms with E-state index in [1.165, 1.54) is 55.8 Å². The van der Waals surface area contributed by atoms with Crippen molar-refractivity contribution in [2.24, 2.45) is 0 Å². The molecule has 0 heterocycles. The van der Waals surface area contributed by atoms with E-state index < -0.39 is 8.07 Å². The highest BCUT2D eigenvalue weighted by Crippen LogP contribution is 2.41. The van der Waals surface area contributed by atoms with E-state index in [2.05, 4.69) is 45.9 Å². The van der Waals surface area contributed by atoms with Gasteiger partial charge < -0.3 is 4.74 Å². The average Bonchev–Trinajstić information content (AvgIpc) is 2.67. The molecule has 1 atom stereocenters. The van der Waals surface area contributed by atoms with Crippen molar-refractivity contribution in [1.29, 1.82) is 0 Å². The van der Waals surface area contributed by atoms with E-state index in [0.29, 0.717) is 0 Å². The fourth-order valence-electron chi connectivity index (χ4n) is 3.73. The standard InChI is InChI=1S/C22H37ClOSi/c1-6-10-11-12-13-14-21(25(7-2,8-3)9-4)22(23)19-15-17-20(24-5)18-16-19/h14-18,22H,6-13H2,1-5H3/b21-14+. The average molecular weight is 381 g/mol. The van der Waals surface area contributed by atoms with Crippen LogP contribution in [0, 0.1) is 0 Å². The Kier molecular flexibility index (Phi) is 10.5. The van der Waals surface area contributed by atoms with Gasteiger partial charge in [-0.3, -0.25) is 0 Å². The molecule has 0 radical (unpaired) electrons. The molecule has 1 unspecified atom stereocenters. The van der Waals surface area contributed by atoms with Crippen molar-refractivity contribution in [2.45, 2.75) is 83.3 Å². The highest BCUT2D eigenvalue weighted by Gasteiger charge is 2.35. The first-order valence-corrected chi connectivity index (χ1v) is 13.1. The van der Waals surface area contributed by atoms with Crippen LogP contribution in [0.1, 0.15) is 70.7 Å². The van der Waals surface area contributed by atoms with Gasteiger partial charge in [-0.25, -0.2) is 0 Å². The number of rotatable bonds is 12. The van der Waals surface area contributed by atoms with Gasteiger partial charge in [0.25, 0.3) is 0 Å². The number of unbranched alkanes of at least 4 members (excludes halogenated alkanes) is 4. The van der Waals surface area contributed by atoms with Gasteiger partial charge in [0.1, 0.15) is 5.75 Å². The Bertz CT molecular complexity index is 497. The predicted octanol–water partition coefficient (Wildman–Crippen LogP) is 7.92. The zero-order valence-corrected chi connectivity index (χ0v) is 18.7. The van der Waals surface area contributed by atoms with Gasteiger partial charge in [0.2, 0.25) is 0 Å². The van der Waals surface area contributed by atoms with Crippen molar-refractivity contribution in [3.8, 4) is 5.75 Å². The summed E-state index contributed by atoms with van der Waals surface area (Å²) in [6, 6.07) is 12.1. The molecule has 1 nitrogen and oxygen atoms in total. The van der Waals surface area contributed by atoms with Crippen LogP contribution in [0.4, 0.5) is 0 Å². The van der Waals surface area contributed by atoms with Crippen molar-refractivity contribution in [1.82, 2.24) is 0 Å². The molecule has 0 spiro atoms. The van der Waals surface area contributed by atoms with E-state index in [4.69, 9.17) is 16.3 Å². The second-order valence-electron chi connectivity index (χ2n) is 6.99.